The maximum atomic E-state index is 5.52. The summed E-state index contributed by atoms with van der Waals surface area (Å²) in [7, 11) is 3.87. The number of guanidine groups is 1. The molecule has 6 heteroatoms. The van der Waals surface area contributed by atoms with E-state index in [4.69, 9.17) is 9.47 Å². The lowest BCUT2D eigenvalue weighted by Gasteiger charge is -2.18. The summed E-state index contributed by atoms with van der Waals surface area (Å²) < 4.78 is 10.6. The third kappa shape index (κ3) is 14.1. The van der Waals surface area contributed by atoms with Crippen LogP contribution in [0.4, 0.5) is 0 Å². The van der Waals surface area contributed by atoms with E-state index in [0.717, 1.165) is 64.7 Å². The Morgan fingerprint density at radius 1 is 1.14 bits per heavy atom. The first-order chi connectivity index (χ1) is 10.6. The van der Waals surface area contributed by atoms with Crippen LogP contribution in [0.15, 0.2) is 4.99 Å². The first-order valence-corrected chi connectivity index (χ1v) is 8.41. The fourth-order valence-corrected chi connectivity index (χ4v) is 1.87. The molecule has 0 aromatic heterocycles. The first-order valence-electron chi connectivity index (χ1n) is 8.41. The molecule has 6 nitrogen and oxygen atoms in total. The fraction of sp³-hybridized carbons (Fsp3) is 0.938. The summed E-state index contributed by atoms with van der Waals surface area (Å²) in [5, 5.41) is 6.63. The van der Waals surface area contributed by atoms with E-state index < -0.39 is 0 Å². The molecular weight excluding hydrogens is 280 g/mol. The lowest BCUT2D eigenvalue weighted by molar-refractivity contribution is 0.0782. The van der Waals surface area contributed by atoms with Crippen molar-refractivity contribution in [3.63, 3.8) is 0 Å². The molecule has 0 aliphatic heterocycles. The summed E-state index contributed by atoms with van der Waals surface area (Å²) in [5.41, 5.74) is 0. The van der Waals surface area contributed by atoms with Crippen LogP contribution in [-0.2, 0) is 9.47 Å². The number of rotatable bonds is 13. The normalized spacial score (nSPS) is 12.2. The highest BCUT2D eigenvalue weighted by molar-refractivity contribution is 5.79. The van der Waals surface area contributed by atoms with Gasteiger partial charge in [0.05, 0.1) is 6.10 Å². The van der Waals surface area contributed by atoms with Crippen LogP contribution in [-0.4, -0.2) is 77.1 Å². The molecule has 0 atom stereocenters. The van der Waals surface area contributed by atoms with Gasteiger partial charge in [-0.15, -0.1) is 0 Å². The highest BCUT2D eigenvalue weighted by atomic mass is 16.5. The molecule has 0 radical (unpaired) electrons. The van der Waals surface area contributed by atoms with Gasteiger partial charge in [0.15, 0.2) is 5.96 Å². The van der Waals surface area contributed by atoms with Crippen molar-refractivity contribution in [3.8, 4) is 0 Å². The topological polar surface area (TPSA) is 58.1 Å². The van der Waals surface area contributed by atoms with Crippen LogP contribution >= 0.6 is 0 Å². The summed E-state index contributed by atoms with van der Waals surface area (Å²) in [6.45, 7) is 12.4. The molecule has 0 aromatic carbocycles. The quantitative estimate of drug-likeness (QED) is 0.305. The van der Waals surface area contributed by atoms with Crippen LogP contribution < -0.4 is 10.6 Å². The monoisotopic (exact) mass is 316 g/mol. The molecule has 0 fully saturated rings. The number of aliphatic imine (C=N–C) groups is 1. The van der Waals surface area contributed by atoms with E-state index in [-0.39, 0.29) is 0 Å². The Labute approximate surface area is 136 Å². The first kappa shape index (κ1) is 21.1. The predicted octanol–water partition coefficient (Wildman–Crippen LogP) is 1.32. The lowest BCUT2D eigenvalue weighted by Crippen LogP contribution is -2.41. The summed E-state index contributed by atoms with van der Waals surface area (Å²) in [6.07, 6.45) is 2.31. The number of ether oxygens (including phenoxy) is 2. The third-order valence-electron chi connectivity index (χ3n) is 3.04. The Kier molecular flexibility index (Phi) is 14.5. The van der Waals surface area contributed by atoms with Crippen LogP contribution in [0.2, 0.25) is 0 Å². The average Bonchev–Trinajstić information content (AvgIpc) is 2.46. The van der Waals surface area contributed by atoms with E-state index in [1.165, 1.54) is 0 Å². The SMILES string of the molecule is CCNC(=NCCCOC(C)C)NCCN(C)CCCOC. The Bertz CT molecular complexity index is 273. The van der Waals surface area contributed by atoms with Crippen molar-refractivity contribution >= 4 is 5.96 Å². The number of hydrogen-bond donors (Lipinski definition) is 2. The molecule has 132 valence electrons. The molecule has 0 bridgehead atoms. The number of hydrogen-bond acceptors (Lipinski definition) is 4. The van der Waals surface area contributed by atoms with Crippen molar-refractivity contribution in [1.82, 2.24) is 15.5 Å². The van der Waals surface area contributed by atoms with E-state index in [1.807, 2.05) is 0 Å². The molecule has 0 heterocycles. The number of nitrogens with one attached hydrogen (secondary N) is 2. The Hall–Kier alpha value is -0.850. The molecule has 0 aliphatic rings. The van der Waals surface area contributed by atoms with Crippen molar-refractivity contribution in [1.29, 1.82) is 0 Å². The largest absolute Gasteiger partial charge is 0.385 e. The van der Waals surface area contributed by atoms with Crippen LogP contribution in [0.3, 0.4) is 0 Å². The maximum Gasteiger partial charge on any atom is 0.191 e. The molecule has 0 aliphatic carbocycles. The molecule has 0 aromatic rings. The number of methoxy groups -OCH3 is 1. The molecule has 0 amide bonds. The molecule has 22 heavy (non-hydrogen) atoms. The summed E-state index contributed by atoms with van der Waals surface area (Å²) >= 11 is 0. The smallest absolute Gasteiger partial charge is 0.191 e. The third-order valence-corrected chi connectivity index (χ3v) is 3.04. The molecule has 0 saturated heterocycles. The molecule has 0 spiro atoms. The van der Waals surface area contributed by atoms with E-state index in [2.05, 4.69) is 48.3 Å². The van der Waals surface area contributed by atoms with Gasteiger partial charge in [0.2, 0.25) is 0 Å². The van der Waals surface area contributed by atoms with Crippen molar-refractivity contribution in [2.45, 2.75) is 39.7 Å². The van der Waals surface area contributed by atoms with Gasteiger partial charge in [0, 0.05) is 53.0 Å². The van der Waals surface area contributed by atoms with Gasteiger partial charge >= 0.3 is 0 Å². The fourth-order valence-electron chi connectivity index (χ4n) is 1.87. The zero-order chi connectivity index (χ0) is 16.6. The van der Waals surface area contributed by atoms with Crippen molar-refractivity contribution < 1.29 is 9.47 Å². The number of nitrogens with zero attached hydrogens (tertiary/aromatic N) is 2. The predicted molar refractivity (Wildman–Crippen MR) is 93.7 cm³/mol. The zero-order valence-corrected chi connectivity index (χ0v) is 15.2. The minimum atomic E-state index is 0.295. The number of likely N-dealkylation sites (N-methyl/N-ethyl adjacent to an activating group) is 1. The Morgan fingerprint density at radius 3 is 2.55 bits per heavy atom. The Balaban J connectivity index is 3.82. The molecule has 2 N–H and O–H groups in total. The van der Waals surface area contributed by atoms with E-state index >= 15 is 0 Å². The zero-order valence-electron chi connectivity index (χ0n) is 15.2. The second-order valence-corrected chi connectivity index (χ2v) is 5.61. The van der Waals surface area contributed by atoms with Crippen molar-refractivity contribution in [2.24, 2.45) is 4.99 Å². The standard InChI is InChI=1S/C16H36N4O2/c1-6-17-16(18-9-7-14-22-15(2)3)19-10-12-20(4)11-8-13-21-5/h15H,6-14H2,1-5H3,(H2,17,18,19). The van der Waals surface area contributed by atoms with Crippen molar-refractivity contribution in [2.75, 3.05) is 60.1 Å². The van der Waals surface area contributed by atoms with Gasteiger partial charge in [-0.2, -0.15) is 0 Å². The molecule has 0 unspecified atom stereocenters. The van der Waals surface area contributed by atoms with Gasteiger partial charge in [-0.1, -0.05) is 0 Å². The van der Waals surface area contributed by atoms with Crippen molar-refractivity contribution in [3.05, 3.63) is 0 Å². The van der Waals surface area contributed by atoms with Gasteiger partial charge in [0.1, 0.15) is 0 Å². The van der Waals surface area contributed by atoms with E-state index in [0.29, 0.717) is 6.10 Å². The lowest BCUT2D eigenvalue weighted by atomic mass is 10.4. The second kappa shape index (κ2) is 15.1. The Morgan fingerprint density at radius 2 is 1.91 bits per heavy atom. The van der Waals surface area contributed by atoms with Crippen LogP contribution in [0.1, 0.15) is 33.6 Å². The van der Waals surface area contributed by atoms with E-state index in [1.54, 1.807) is 7.11 Å². The summed E-state index contributed by atoms with van der Waals surface area (Å²) in [6, 6.07) is 0. The van der Waals surface area contributed by atoms with Gasteiger partial charge in [0.25, 0.3) is 0 Å². The van der Waals surface area contributed by atoms with Crippen LogP contribution in [0.5, 0.6) is 0 Å². The minimum Gasteiger partial charge on any atom is -0.385 e. The second-order valence-electron chi connectivity index (χ2n) is 5.61. The van der Waals surface area contributed by atoms with Gasteiger partial charge in [-0.25, -0.2) is 0 Å². The van der Waals surface area contributed by atoms with Gasteiger partial charge < -0.3 is 25.0 Å². The average molecular weight is 316 g/mol. The highest BCUT2D eigenvalue weighted by Crippen LogP contribution is 1.91. The van der Waals surface area contributed by atoms with E-state index in [9.17, 15) is 0 Å². The molecular formula is C16H36N4O2. The van der Waals surface area contributed by atoms with Crippen LogP contribution in [0, 0.1) is 0 Å². The molecule has 0 saturated carbocycles. The van der Waals surface area contributed by atoms with Gasteiger partial charge in [-0.05, 0) is 40.7 Å². The minimum absolute atomic E-state index is 0.295. The maximum absolute atomic E-state index is 5.52. The van der Waals surface area contributed by atoms with Crippen LogP contribution in [0.25, 0.3) is 0 Å². The molecule has 0 rings (SSSR count). The van der Waals surface area contributed by atoms with Gasteiger partial charge in [-0.3, -0.25) is 4.99 Å². The highest BCUT2D eigenvalue weighted by Gasteiger charge is 2.00. The summed E-state index contributed by atoms with van der Waals surface area (Å²) in [4.78, 5) is 6.86. The summed E-state index contributed by atoms with van der Waals surface area (Å²) in [5.74, 6) is 0.886.